The quantitative estimate of drug-likeness (QED) is 0.602. The maximum absolute atomic E-state index is 14.3. The van der Waals surface area contributed by atoms with Gasteiger partial charge in [0.25, 0.3) is 5.56 Å². The summed E-state index contributed by atoms with van der Waals surface area (Å²) in [6, 6.07) is 4.99. The van der Waals surface area contributed by atoms with Crippen LogP contribution in [0.2, 0.25) is 0 Å². The second-order valence-electron chi connectivity index (χ2n) is 6.66. The Bertz CT molecular complexity index is 923. The summed E-state index contributed by atoms with van der Waals surface area (Å²) < 4.78 is 16.0. The van der Waals surface area contributed by atoms with Gasteiger partial charge in [0.05, 0.1) is 0 Å². The van der Waals surface area contributed by atoms with Crippen molar-refractivity contribution < 1.29 is 4.39 Å². The Morgan fingerprint density at radius 3 is 2.63 bits per heavy atom. The third kappa shape index (κ3) is 4.62. The average molecular weight is 368 g/mol. The van der Waals surface area contributed by atoms with Crippen LogP contribution >= 0.6 is 0 Å². The van der Waals surface area contributed by atoms with Crippen LogP contribution in [0.5, 0.6) is 0 Å². The van der Waals surface area contributed by atoms with E-state index in [-0.39, 0.29) is 11.4 Å². The molecule has 2 aromatic rings. The number of benzene rings is 1. The molecule has 0 bridgehead atoms. The van der Waals surface area contributed by atoms with Gasteiger partial charge in [-0.2, -0.15) is 0 Å². The number of rotatable bonds is 7. The molecule has 1 aromatic heterocycles. The number of aryl methyl sites for hydroxylation is 1. The summed E-state index contributed by atoms with van der Waals surface area (Å²) in [5.74, 6) is 0.297. The van der Waals surface area contributed by atoms with E-state index in [1.807, 2.05) is 32.9 Å². The summed E-state index contributed by atoms with van der Waals surface area (Å²) in [7, 11) is 0. The highest BCUT2D eigenvalue weighted by Gasteiger charge is 2.17. The fraction of sp³-hybridized carbons (Fsp3) is 0.391. The predicted octanol–water partition coefficient (Wildman–Crippen LogP) is 5.53. The van der Waals surface area contributed by atoms with Crippen molar-refractivity contribution >= 4 is 0 Å². The number of hydrogen-bond acceptors (Lipinski definition) is 2. The lowest BCUT2D eigenvalue weighted by molar-refractivity contribution is 0.610. The summed E-state index contributed by atoms with van der Waals surface area (Å²) in [4.78, 5) is 17.7. The largest absolute Gasteiger partial charge is 0.292 e. The fourth-order valence-electron chi connectivity index (χ4n) is 3.27. The molecule has 1 heterocycles. The van der Waals surface area contributed by atoms with E-state index in [0.717, 1.165) is 12.8 Å². The molecule has 0 spiro atoms. The Morgan fingerprint density at radius 2 is 2.00 bits per heavy atom. The van der Waals surface area contributed by atoms with E-state index in [2.05, 4.69) is 24.1 Å². The topological polar surface area (TPSA) is 34.9 Å². The van der Waals surface area contributed by atoms with Crippen molar-refractivity contribution in [1.29, 1.82) is 0 Å². The Balaban J connectivity index is 2.61. The molecule has 0 fully saturated rings. The van der Waals surface area contributed by atoms with Crippen LogP contribution in [0.4, 0.5) is 4.39 Å². The molecule has 27 heavy (non-hydrogen) atoms. The van der Waals surface area contributed by atoms with Gasteiger partial charge in [-0.05, 0) is 51.7 Å². The Kier molecular flexibility index (Phi) is 7.28. The third-order valence-electron chi connectivity index (χ3n) is 4.82. The van der Waals surface area contributed by atoms with Crippen molar-refractivity contribution in [2.24, 2.45) is 0 Å². The van der Waals surface area contributed by atoms with Gasteiger partial charge in [0.2, 0.25) is 0 Å². The van der Waals surface area contributed by atoms with Crippen molar-refractivity contribution in [3.8, 4) is 11.4 Å². The SMILES string of the molecule is C/C=C\C(=C/CC)CCn1c(-c2cccc(F)c2CC)nc(C)c(C)c1=O. The molecule has 0 aliphatic carbocycles. The van der Waals surface area contributed by atoms with E-state index in [4.69, 9.17) is 0 Å². The number of allylic oxidation sites excluding steroid dienone is 4. The Morgan fingerprint density at radius 1 is 1.26 bits per heavy atom. The first-order chi connectivity index (χ1) is 12.9. The van der Waals surface area contributed by atoms with Crippen LogP contribution in [0.1, 0.15) is 50.4 Å². The third-order valence-corrected chi connectivity index (χ3v) is 4.82. The van der Waals surface area contributed by atoms with E-state index in [1.165, 1.54) is 11.6 Å². The average Bonchev–Trinajstić information content (AvgIpc) is 2.65. The van der Waals surface area contributed by atoms with Crippen LogP contribution in [0.15, 0.2) is 46.8 Å². The molecule has 4 heteroatoms. The maximum Gasteiger partial charge on any atom is 0.256 e. The maximum atomic E-state index is 14.3. The molecule has 0 aliphatic rings. The minimum absolute atomic E-state index is 0.0554. The molecule has 144 valence electrons. The summed E-state index contributed by atoms with van der Waals surface area (Å²) in [5, 5.41) is 0. The van der Waals surface area contributed by atoms with Crippen molar-refractivity contribution in [2.75, 3.05) is 0 Å². The summed E-state index contributed by atoms with van der Waals surface area (Å²) in [6.07, 6.45) is 8.46. The van der Waals surface area contributed by atoms with Crippen molar-refractivity contribution in [1.82, 2.24) is 9.55 Å². The molecule has 0 amide bonds. The Hall–Kier alpha value is -2.49. The van der Waals surface area contributed by atoms with Gasteiger partial charge in [0, 0.05) is 23.4 Å². The monoisotopic (exact) mass is 368 g/mol. The summed E-state index contributed by atoms with van der Waals surface area (Å²) in [5.41, 5.74) is 3.76. The first-order valence-corrected chi connectivity index (χ1v) is 9.62. The van der Waals surface area contributed by atoms with Crippen molar-refractivity contribution in [2.45, 2.75) is 60.4 Å². The normalized spacial score (nSPS) is 12.1. The number of hydrogen-bond donors (Lipinski definition) is 0. The molecule has 1 aromatic carbocycles. The molecule has 2 rings (SSSR count). The molecule has 0 radical (unpaired) electrons. The molecule has 0 aliphatic heterocycles. The van der Waals surface area contributed by atoms with Crippen LogP contribution in [0.3, 0.4) is 0 Å². The van der Waals surface area contributed by atoms with E-state index >= 15 is 0 Å². The smallest absolute Gasteiger partial charge is 0.256 e. The lowest BCUT2D eigenvalue weighted by atomic mass is 10.0. The zero-order valence-corrected chi connectivity index (χ0v) is 17.0. The van der Waals surface area contributed by atoms with Crippen LogP contribution < -0.4 is 5.56 Å². The van der Waals surface area contributed by atoms with E-state index in [1.54, 1.807) is 17.6 Å². The molecule has 0 atom stereocenters. The van der Waals surface area contributed by atoms with Gasteiger partial charge in [-0.15, -0.1) is 0 Å². The molecule has 3 nitrogen and oxygen atoms in total. The molecule has 0 N–H and O–H groups in total. The predicted molar refractivity (Wildman–Crippen MR) is 111 cm³/mol. The highest BCUT2D eigenvalue weighted by atomic mass is 19.1. The van der Waals surface area contributed by atoms with Crippen molar-refractivity contribution in [3.05, 3.63) is 75.0 Å². The molecule has 0 saturated carbocycles. The van der Waals surface area contributed by atoms with E-state index in [0.29, 0.717) is 41.2 Å². The van der Waals surface area contributed by atoms with Crippen LogP contribution in [0, 0.1) is 19.7 Å². The van der Waals surface area contributed by atoms with Gasteiger partial charge >= 0.3 is 0 Å². The molecular weight excluding hydrogens is 339 g/mol. The first kappa shape index (κ1) is 20.8. The van der Waals surface area contributed by atoms with Gasteiger partial charge in [0.1, 0.15) is 11.6 Å². The number of aromatic nitrogens is 2. The molecule has 0 saturated heterocycles. The van der Waals surface area contributed by atoms with Gasteiger partial charge in [-0.25, -0.2) is 9.37 Å². The fourth-order valence-corrected chi connectivity index (χ4v) is 3.27. The van der Waals surface area contributed by atoms with Crippen LogP contribution in [-0.4, -0.2) is 9.55 Å². The minimum Gasteiger partial charge on any atom is -0.292 e. The van der Waals surface area contributed by atoms with Gasteiger partial charge < -0.3 is 0 Å². The van der Waals surface area contributed by atoms with Crippen LogP contribution in [-0.2, 0) is 13.0 Å². The standard InChI is InChI=1S/C23H29FN2O/c1-6-10-18(11-7-2)14-15-26-22(25-17(5)16(4)23(26)27)20-12-9-13-21(24)19(20)8-3/h6,9-13H,7-8,14-15H2,1-5H3/b10-6-,18-11+. The second-order valence-corrected chi connectivity index (χ2v) is 6.66. The Labute approximate surface area is 161 Å². The van der Waals surface area contributed by atoms with Crippen molar-refractivity contribution in [3.63, 3.8) is 0 Å². The van der Waals surface area contributed by atoms with Crippen LogP contribution in [0.25, 0.3) is 11.4 Å². The summed E-state index contributed by atoms with van der Waals surface area (Å²) >= 11 is 0. The lowest BCUT2D eigenvalue weighted by Gasteiger charge is -2.17. The summed E-state index contributed by atoms with van der Waals surface area (Å²) in [6.45, 7) is 10.1. The molecule has 0 unspecified atom stereocenters. The lowest BCUT2D eigenvalue weighted by Crippen LogP contribution is -2.27. The highest BCUT2D eigenvalue weighted by molar-refractivity contribution is 5.61. The zero-order valence-electron chi connectivity index (χ0n) is 17.0. The second kappa shape index (κ2) is 9.45. The van der Waals surface area contributed by atoms with E-state index in [9.17, 15) is 9.18 Å². The number of halogens is 1. The first-order valence-electron chi connectivity index (χ1n) is 9.62. The van der Waals surface area contributed by atoms with Gasteiger partial charge in [-0.1, -0.05) is 49.8 Å². The van der Waals surface area contributed by atoms with Gasteiger partial charge in [0.15, 0.2) is 0 Å². The molecular formula is C23H29FN2O. The zero-order chi connectivity index (χ0) is 20.0. The highest BCUT2D eigenvalue weighted by Crippen LogP contribution is 2.25. The van der Waals surface area contributed by atoms with Gasteiger partial charge in [-0.3, -0.25) is 9.36 Å². The minimum atomic E-state index is -0.255. The number of nitrogens with zero attached hydrogens (tertiary/aromatic N) is 2. The van der Waals surface area contributed by atoms with E-state index < -0.39 is 0 Å².